The molecule has 102 valence electrons. The van der Waals surface area contributed by atoms with Gasteiger partial charge in [0.15, 0.2) is 0 Å². The molecule has 0 bridgehead atoms. The van der Waals surface area contributed by atoms with E-state index in [4.69, 9.17) is 5.26 Å². The van der Waals surface area contributed by atoms with E-state index in [0.717, 1.165) is 18.5 Å². The van der Waals surface area contributed by atoms with Crippen molar-refractivity contribution >= 4 is 0 Å². The lowest BCUT2D eigenvalue weighted by molar-refractivity contribution is 0.562. The molecule has 0 unspecified atom stereocenters. The third kappa shape index (κ3) is 3.91. The van der Waals surface area contributed by atoms with E-state index in [1.807, 2.05) is 12.3 Å². The fourth-order valence-corrected chi connectivity index (χ4v) is 2.10. The van der Waals surface area contributed by atoms with Gasteiger partial charge in [-0.1, -0.05) is 30.3 Å². The summed E-state index contributed by atoms with van der Waals surface area (Å²) in [6.45, 7) is 3.02. The van der Waals surface area contributed by atoms with Gasteiger partial charge >= 0.3 is 0 Å². The van der Waals surface area contributed by atoms with E-state index in [2.05, 4.69) is 53.6 Å². The van der Waals surface area contributed by atoms with Gasteiger partial charge in [0.25, 0.3) is 0 Å². The van der Waals surface area contributed by atoms with Crippen molar-refractivity contribution in [3.63, 3.8) is 0 Å². The topological polar surface area (TPSA) is 48.7 Å². The Kier molecular flexibility index (Phi) is 5.28. The first-order valence-electron chi connectivity index (χ1n) is 6.92. The highest BCUT2D eigenvalue weighted by molar-refractivity contribution is 5.62. The minimum atomic E-state index is 0.302. The lowest BCUT2D eigenvalue weighted by Crippen LogP contribution is -2.19. The highest BCUT2D eigenvalue weighted by Crippen LogP contribution is 2.21. The average molecular weight is 265 g/mol. The van der Waals surface area contributed by atoms with Gasteiger partial charge in [0.05, 0.1) is 6.07 Å². The van der Waals surface area contributed by atoms with Crippen molar-refractivity contribution in [2.75, 3.05) is 6.54 Å². The molecule has 1 aromatic heterocycles. The molecule has 1 aromatic carbocycles. The maximum absolute atomic E-state index is 8.50. The number of nitrogens with zero attached hydrogens (tertiary/aromatic N) is 2. The predicted molar refractivity (Wildman–Crippen MR) is 80.9 cm³/mol. The SMILES string of the molecule is C[C@H](NCCCC#N)c1ccc(-c2cccnc2)cc1. The zero-order valence-corrected chi connectivity index (χ0v) is 11.7. The van der Waals surface area contributed by atoms with Gasteiger partial charge in [-0.3, -0.25) is 4.98 Å². The van der Waals surface area contributed by atoms with Crippen molar-refractivity contribution in [1.29, 1.82) is 5.26 Å². The van der Waals surface area contributed by atoms with Gasteiger partial charge in [0, 0.05) is 24.9 Å². The first kappa shape index (κ1) is 14.2. The number of hydrogen-bond acceptors (Lipinski definition) is 3. The number of benzene rings is 1. The molecule has 3 heteroatoms. The normalized spacial score (nSPS) is 11.8. The second-order valence-electron chi connectivity index (χ2n) is 4.80. The molecule has 0 aliphatic rings. The van der Waals surface area contributed by atoms with Crippen LogP contribution in [0.4, 0.5) is 0 Å². The Hall–Kier alpha value is -2.18. The standard InChI is InChI=1S/C17H19N3/c1-14(20-12-3-2-10-18)15-6-8-16(9-7-15)17-5-4-11-19-13-17/h4-9,11,13-14,20H,2-3,12H2,1H3/t14-/m0/s1. The monoisotopic (exact) mass is 265 g/mol. The summed E-state index contributed by atoms with van der Waals surface area (Å²) in [6.07, 6.45) is 5.16. The minimum absolute atomic E-state index is 0.302. The quantitative estimate of drug-likeness (QED) is 0.810. The van der Waals surface area contributed by atoms with Crippen LogP contribution in [0.15, 0.2) is 48.8 Å². The molecule has 2 rings (SSSR count). The van der Waals surface area contributed by atoms with Crippen LogP contribution in [-0.4, -0.2) is 11.5 Å². The molecular formula is C17H19N3. The summed E-state index contributed by atoms with van der Waals surface area (Å²) in [4.78, 5) is 4.14. The zero-order chi connectivity index (χ0) is 14.2. The Morgan fingerprint density at radius 2 is 2.00 bits per heavy atom. The summed E-state index contributed by atoms with van der Waals surface area (Å²) in [6, 6.07) is 15.0. The van der Waals surface area contributed by atoms with E-state index in [9.17, 15) is 0 Å². The molecule has 1 heterocycles. The van der Waals surface area contributed by atoms with Gasteiger partial charge < -0.3 is 5.32 Å². The summed E-state index contributed by atoms with van der Waals surface area (Å²) >= 11 is 0. The molecule has 1 atom stereocenters. The third-order valence-electron chi connectivity index (χ3n) is 3.32. The lowest BCUT2D eigenvalue weighted by atomic mass is 10.0. The maximum atomic E-state index is 8.50. The van der Waals surface area contributed by atoms with Gasteiger partial charge in [0.1, 0.15) is 0 Å². The number of nitriles is 1. The smallest absolute Gasteiger partial charge is 0.0622 e. The van der Waals surface area contributed by atoms with Gasteiger partial charge in [-0.25, -0.2) is 0 Å². The largest absolute Gasteiger partial charge is 0.310 e. The van der Waals surface area contributed by atoms with E-state index >= 15 is 0 Å². The van der Waals surface area contributed by atoms with Crippen molar-refractivity contribution in [1.82, 2.24) is 10.3 Å². The van der Waals surface area contributed by atoms with Gasteiger partial charge in [-0.05, 0) is 42.6 Å². The van der Waals surface area contributed by atoms with E-state index in [1.165, 1.54) is 11.1 Å². The van der Waals surface area contributed by atoms with Crippen LogP contribution < -0.4 is 5.32 Å². The van der Waals surface area contributed by atoms with Crippen LogP contribution in [0.3, 0.4) is 0 Å². The van der Waals surface area contributed by atoms with Crippen LogP contribution in [0, 0.1) is 11.3 Å². The van der Waals surface area contributed by atoms with E-state index < -0.39 is 0 Å². The first-order valence-corrected chi connectivity index (χ1v) is 6.92. The number of nitrogens with one attached hydrogen (secondary N) is 1. The second-order valence-corrected chi connectivity index (χ2v) is 4.80. The fraction of sp³-hybridized carbons (Fsp3) is 0.294. The summed E-state index contributed by atoms with van der Waals surface area (Å²) in [5.41, 5.74) is 3.57. The van der Waals surface area contributed by atoms with E-state index in [1.54, 1.807) is 6.20 Å². The number of rotatable bonds is 6. The Balaban J connectivity index is 1.96. The molecule has 0 radical (unpaired) electrons. The van der Waals surface area contributed by atoms with Crippen molar-refractivity contribution in [2.24, 2.45) is 0 Å². The second kappa shape index (κ2) is 7.42. The van der Waals surface area contributed by atoms with Crippen LogP contribution >= 0.6 is 0 Å². The molecule has 0 aliphatic carbocycles. The van der Waals surface area contributed by atoms with Crippen molar-refractivity contribution in [3.05, 3.63) is 54.4 Å². The molecular weight excluding hydrogens is 246 g/mol. The van der Waals surface area contributed by atoms with Crippen LogP contribution in [-0.2, 0) is 0 Å². The van der Waals surface area contributed by atoms with Crippen molar-refractivity contribution in [3.8, 4) is 17.2 Å². The highest BCUT2D eigenvalue weighted by atomic mass is 14.9. The molecule has 20 heavy (non-hydrogen) atoms. The molecule has 3 nitrogen and oxygen atoms in total. The lowest BCUT2D eigenvalue weighted by Gasteiger charge is -2.14. The van der Waals surface area contributed by atoms with Crippen LogP contribution in [0.5, 0.6) is 0 Å². The summed E-state index contributed by atoms with van der Waals surface area (Å²) < 4.78 is 0. The average Bonchev–Trinajstić information content (AvgIpc) is 2.52. The Labute approximate surface area is 120 Å². The van der Waals surface area contributed by atoms with Gasteiger partial charge in [0.2, 0.25) is 0 Å². The molecule has 0 saturated heterocycles. The predicted octanol–water partition coefficient (Wildman–Crippen LogP) is 3.70. The molecule has 1 N–H and O–H groups in total. The summed E-state index contributed by atoms with van der Waals surface area (Å²) in [7, 11) is 0. The summed E-state index contributed by atoms with van der Waals surface area (Å²) in [5, 5.41) is 11.9. The first-order chi connectivity index (χ1) is 9.81. The molecule has 2 aromatic rings. The minimum Gasteiger partial charge on any atom is -0.310 e. The number of unbranched alkanes of at least 4 members (excludes halogenated alkanes) is 1. The van der Waals surface area contributed by atoms with Crippen LogP contribution in [0.25, 0.3) is 11.1 Å². The molecule has 0 amide bonds. The van der Waals surface area contributed by atoms with Crippen LogP contribution in [0.2, 0.25) is 0 Å². The van der Waals surface area contributed by atoms with Crippen LogP contribution in [0.1, 0.15) is 31.4 Å². The van der Waals surface area contributed by atoms with Gasteiger partial charge in [-0.2, -0.15) is 5.26 Å². The third-order valence-corrected chi connectivity index (χ3v) is 3.32. The van der Waals surface area contributed by atoms with E-state index in [-0.39, 0.29) is 0 Å². The Morgan fingerprint density at radius 3 is 2.65 bits per heavy atom. The van der Waals surface area contributed by atoms with Crippen molar-refractivity contribution in [2.45, 2.75) is 25.8 Å². The Morgan fingerprint density at radius 1 is 1.20 bits per heavy atom. The zero-order valence-electron chi connectivity index (χ0n) is 11.7. The molecule has 0 spiro atoms. The molecule has 0 aliphatic heterocycles. The number of pyridine rings is 1. The maximum Gasteiger partial charge on any atom is 0.0622 e. The molecule has 0 fully saturated rings. The molecule has 0 saturated carbocycles. The van der Waals surface area contributed by atoms with E-state index in [0.29, 0.717) is 12.5 Å². The van der Waals surface area contributed by atoms with Crippen molar-refractivity contribution < 1.29 is 0 Å². The number of hydrogen-bond donors (Lipinski definition) is 1. The fourth-order valence-electron chi connectivity index (χ4n) is 2.10. The highest BCUT2D eigenvalue weighted by Gasteiger charge is 2.04. The number of aromatic nitrogens is 1. The van der Waals surface area contributed by atoms with Gasteiger partial charge in [-0.15, -0.1) is 0 Å². The summed E-state index contributed by atoms with van der Waals surface area (Å²) in [5.74, 6) is 0. The Bertz CT molecular complexity index is 555.